The first-order valence-electron chi connectivity index (χ1n) is 8.83. The molecule has 0 unspecified atom stereocenters. The van der Waals surface area contributed by atoms with Crippen LogP contribution >= 0.6 is 11.6 Å². The third-order valence-corrected chi connectivity index (χ3v) is 4.44. The normalized spacial score (nSPS) is 15.2. The molecule has 0 N–H and O–H groups in total. The van der Waals surface area contributed by atoms with E-state index in [1.165, 1.54) is 0 Å². The number of carbonyl (C=O) groups is 1. The Morgan fingerprint density at radius 2 is 1.86 bits per heavy atom. The highest BCUT2D eigenvalue weighted by Gasteiger charge is 2.32. The molecule has 140 valence electrons. The number of hydrogen-bond donors (Lipinski definition) is 0. The van der Waals surface area contributed by atoms with Crippen LogP contribution in [0, 0.1) is 0 Å². The Hall–Kier alpha value is -3.31. The number of benzene rings is 2. The monoisotopic (exact) mass is 392 g/mol. The zero-order chi connectivity index (χ0) is 19.5. The van der Waals surface area contributed by atoms with Crippen LogP contribution in [-0.2, 0) is 4.79 Å². The lowest BCUT2D eigenvalue weighted by molar-refractivity contribution is -0.113. The Balaban J connectivity index is 1.77. The summed E-state index contributed by atoms with van der Waals surface area (Å²) in [6, 6.07) is 18.1. The average molecular weight is 393 g/mol. The summed E-state index contributed by atoms with van der Waals surface area (Å²) < 4.78 is 10.8. The van der Waals surface area contributed by atoms with E-state index in [9.17, 15) is 4.79 Å². The zero-order valence-corrected chi connectivity index (χ0v) is 15.9. The lowest BCUT2D eigenvalue weighted by atomic mass is 10.1. The van der Waals surface area contributed by atoms with Crippen molar-refractivity contribution < 1.29 is 13.9 Å². The molecule has 0 atom stereocenters. The number of rotatable bonds is 5. The number of aliphatic imine (C=N–C) groups is 1. The number of hydrogen-bond acceptors (Lipinski definition) is 4. The van der Waals surface area contributed by atoms with E-state index in [1.807, 2.05) is 43.3 Å². The maximum atomic E-state index is 13.1. The molecule has 1 aliphatic heterocycles. The van der Waals surface area contributed by atoms with Crippen molar-refractivity contribution >= 4 is 35.1 Å². The van der Waals surface area contributed by atoms with Gasteiger partial charge in [0.15, 0.2) is 0 Å². The number of ether oxygens (including phenoxy) is 1. The molecular weight excluding hydrogens is 376 g/mol. The minimum atomic E-state index is -0.231. The van der Waals surface area contributed by atoms with E-state index >= 15 is 0 Å². The Kier molecular flexibility index (Phi) is 5.00. The van der Waals surface area contributed by atoms with Crippen LogP contribution < -0.4 is 9.64 Å². The van der Waals surface area contributed by atoms with Gasteiger partial charge in [-0.05, 0) is 67.6 Å². The first kappa shape index (κ1) is 18.1. The van der Waals surface area contributed by atoms with Gasteiger partial charge in [-0.2, -0.15) is 0 Å². The third kappa shape index (κ3) is 3.57. The van der Waals surface area contributed by atoms with Gasteiger partial charge in [-0.25, -0.2) is 4.99 Å². The standard InChI is InChI=1S/C22H17ClN2O3/c1-2-27-18-11-9-17(10-12-18)25-21(15-5-7-16(23)8-6-15)24-20(22(25)26)14-19-4-3-13-28-19/h3-14H,2H2,1H3/b20-14+. The average Bonchev–Trinajstić information content (AvgIpc) is 3.32. The zero-order valence-electron chi connectivity index (χ0n) is 15.1. The highest BCUT2D eigenvalue weighted by atomic mass is 35.5. The molecule has 0 radical (unpaired) electrons. The van der Waals surface area contributed by atoms with Gasteiger partial charge in [0.2, 0.25) is 0 Å². The van der Waals surface area contributed by atoms with E-state index in [-0.39, 0.29) is 5.91 Å². The maximum absolute atomic E-state index is 13.1. The predicted octanol–water partition coefficient (Wildman–Crippen LogP) is 5.17. The van der Waals surface area contributed by atoms with Gasteiger partial charge in [0.05, 0.1) is 18.6 Å². The van der Waals surface area contributed by atoms with Crippen LogP contribution in [-0.4, -0.2) is 18.3 Å². The van der Waals surface area contributed by atoms with E-state index < -0.39 is 0 Å². The molecule has 5 nitrogen and oxygen atoms in total. The molecule has 0 spiro atoms. The fourth-order valence-electron chi connectivity index (χ4n) is 2.92. The van der Waals surface area contributed by atoms with Gasteiger partial charge >= 0.3 is 0 Å². The summed E-state index contributed by atoms with van der Waals surface area (Å²) in [5, 5.41) is 0.618. The molecule has 3 aromatic rings. The molecule has 1 aromatic heterocycles. The largest absolute Gasteiger partial charge is 0.494 e. The molecule has 2 aromatic carbocycles. The van der Waals surface area contributed by atoms with Gasteiger partial charge in [-0.3, -0.25) is 9.69 Å². The minimum Gasteiger partial charge on any atom is -0.494 e. The molecule has 0 fully saturated rings. The molecule has 1 aliphatic rings. The number of amidine groups is 1. The quantitative estimate of drug-likeness (QED) is 0.563. The summed E-state index contributed by atoms with van der Waals surface area (Å²) in [4.78, 5) is 19.3. The van der Waals surface area contributed by atoms with E-state index in [0.717, 1.165) is 11.3 Å². The van der Waals surface area contributed by atoms with Crippen LogP contribution in [0.5, 0.6) is 5.75 Å². The van der Waals surface area contributed by atoms with Gasteiger partial charge in [0, 0.05) is 16.7 Å². The number of nitrogens with zero attached hydrogens (tertiary/aromatic N) is 2. The second-order valence-electron chi connectivity index (χ2n) is 6.05. The summed E-state index contributed by atoms with van der Waals surface area (Å²) >= 11 is 6.01. The van der Waals surface area contributed by atoms with Crippen molar-refractivity contribution in [2.24, 2.45) is 4.99 Å². The first-order chi connectivity index (χ1) is 13.7. The van der Waals surface area contributed by atoms with Crippen molar-refractivity contribution in [1.29, 1.82) is 0 Å². The Bertz CT molecular complexity index is 1040. The van der Waals surface area contributed by atoms with Crippen molar-refractivity contribution in [2.75, 3.05) is 11.5 Å². The van der Waals surface area contributed by atoms with E-state index in [1.54, 1.807) is 41.5 Å². The van der Waals surface area contributed by atoms with E-state index in [4.69, 9.17) is 20.8 Å². The van der Waals surface area contributed by atoms with E-state index in [0.29, 0.717) is 34.6 Å². The molecule has 0 saturated heterocycles. The van der Waals surface area contributed by atoms with Gasteiger partial charge in [-0.15, -0.1) is 0 Å². The Morgan fingerprint density at radius 3 is 2.50 bits per heavy atom. The molecule has 6 heteroatoms. The second-order valence-corrected chi connectivity index (χ2v) is 6.49. The lowest BCUT2D eigenvalue weighted by Gasteiger charge is -2.19. The van der Waals surface area contributed by atoms with Gasteiger partial charge in [-0.1, -0.05) is 11.6 Å². The van der Waals surface area contributed by atoms with Gasteiger partial charge in [0.25, 0.3) is 5.91 Å². The summed E-state index contributed by atoms with van der Waals surface area (Å²) in [6.45, 7) is 2.50. The molecule has 2 heterocycles. The second kappa shape index (κ2) is 7.74. The van der Waals surface area contributed by atoms with Crippen molar-refractivity contribution in [3.05, 3.63) is 89.0 Å². The maximum Gasteiger partial charge on any atom is 0.282 e. The van der Waals surface area contributed by atoms with Crippen molar-refractivity contribution in [3.8, 4) is 5.75 Å². The number of amides is 1. The summed E-state index contributed by atoms with van der Waals surface area (Å²) in [6.07, 6.45) is 3.19. The SMILES string of the molecule is CCOc1ccc(N2C(=O)/C(=C\c3ccco3)N=C2c2ccc(Cl)cc2)cc1. The van der Waals surface area contributed by atoms with Crippen LogP contribution in [0.1, 0.15) is 18.2 Å². The van der Waals surface area contributed by atoms with Crippen LogP contribution in [0.4, 0.5) is 5.69 Å². The fourth-order valence-corrected chi connectivity index (χ4v) is 3.04. The Labute approximate surface area is 167 Å². The smallest absolute Gasteiger partial charge is 0.282 e. The first-order valence-corrected chi connectivity index (χ1v) is 9.20. The predicted molar refractivity (Wildman–Crippen MR) is 110 cm³/mol. The molecule has 0 aliphatic carbocycles. The number of carbonyl (C=O) groups excluding carboxylic acids is 1. The molecule has 4 rings (SSSR count). The topological polar surface area (TPSA) is 55.0 Å². The Morgan fingerprint density at radius 1 is 1.11 bits per heavy atom. The number of furan rings is 1. The van der Waals surface area contributed by atoms with Crippen LogP contribution in [0.2, 0.25) is 5.02 Å². The third-order valence-electron chi connectivity index (χ3n) is 4.19. The lowest BCUT2D eigenvalue weighted by Crippen LogP contribution is -2.32. The van der Waals surface area contributed by atoms with E-state index in [2.05, 4.69) is 4.99 Å². The number of halogens is 1. The molecule has 0 saturated carbocycles. The number of anilines is 1. The summed E-state index contributed by atoms with van der Waals surface area (Å²) in [7, 11) is 0. The van der Waals surface area contributed by atoms with Crippen LogP contribution in [0.25, 0.3) is 6.08 Å². The van der Waals surface area contributed by atoms with Crippen molar-refractivity contribution in [2.45, 2.75) is 6.92 Å². The fraction of sp³-hybridized carbons (Fsp3) is 0.0909. The molecule has 1 amide bonds. The highest BCUT2D eigenvalue weighted by molar-refractivity contribution is 6.34. The molecular formula is C22H17ClN2O3. The van der Waals surface area contributed by atoms with Crippen LogP contribution in [0.15, 0.2) is 82.0 Å². The van der Waals surface area contributed by atoms with Gasteiger partial charge < -0.3 is 9.15 Å². The minimum absolute atomic E-state index is 0.231. The van der Waals surface area contributed by atoms with Crippen LogP contribution in [0.3, 0.4) is 0 Å². The van der Waals surface area contributed by atoms with Gasteiger partial charge in [0.1, 0.15) is 23.0 Å². The van der Waals surface area contributed by atoms with Crippen molar-refractivity contribution in [1.82, 2.24) is 0 Å². The molecule has 28 heavy (non-hydrogen) atoms. The summed E-state index contributed by atoms with van der Waals surface area (Å²) in [5.41, 5.74) is 1.79. The van der Waals surface area contributed by atoms with Crippen molar-refractivity contribution in [3.63, 3.8) is 0 Å². The summed E-state index contributed by atoms with van der Waals surface area (Å²) in [5.74, 6) is 1.61. The highest BCUT2D eigenvalue weighted by Crippen LogP contribution is 2.29. The molecule has 0 bridgehead atoms.